The third kappa shape index (κ3) is 5.15. The minimum absolute atomic E-state index is 0.116. The summed E-state index contributed by atoms with van der Waals surface area (Å²) in [5.74, 6) is 1.62. The fourth-order valence-electron chi connectivity index (χ4n) is 4.04. The van der Waals surface area contributed by atoms with Crippen LogP contribution < -0.4 is 10.5 Å². The number of anilines is 1. The fourth-order valence-corrected chi connectivity index (χ4v) is 4.04. The Balaban J connectivity index is 1.61. The van der Waals surface area contributed by atoms with Gasteiger partial charge in [-0.1, -0.05) is 30.3 Å². The summed E-state index contributed by atoms with van der Waals surface area (Å²) in [5, 5.41) is 4.51. The first kappa shape index (κ1) is 23.2. The molecule has 2 heterocycles. The van der Waals surface area contributed by atoms with Gasteiger partial charge in [-0.3, -0.25) is 4.68 Å². The molecule has 0 radical (unpaired) electrons. The van der Waals surface area contributed by atoms with Gasteiger partial charge in [-0.05, 0) is 63.4 Å². The van der Waals surface area contributed by atoms with E-state index in [4.69, 9.17) is 21.8 Å². The molecule has 0 aliphatic carbocycles. The quantitative estimate of drug-likeness (QED) is 0.480. The number of likely N-dealkylation sites (tertiary alicyclic amines) is 1. The number of benzene rings is 2. The van der Waals surface area contributed by atoms with Crippen LogP contribution in [0.5, 0.6) is 11.5 Å². The first-order valence-electron chi connectivity index (χ1n) is 11.3. The molecule has 34 heavy (non-hydrogen) atoms. The van der Waals surface area contributed by atoms with Gasteiger partial charge in [0.05, 0.1) is 18.3 Å². The monoisotopic (exact) mass is 459 g/mol. The van der Waals surface area contributed by atoms with Crippen molar-refractivity contribution in [3.8, 4) is 22.8 Å². The highest BCUT2D eigenvalue weighted by Gasteiger charge is 2.31. The predicted octanol–water partition coefficient (Wildman–Crippen LogP) is 6.05. The smallest absolute Gasteiger partial charge is 0.410 e. The third-order valence-corrected chi connectivity index (χ3v) is 5.52. The van der Waals surface area contributed by atoms with Crippen molar-refractivity contribution in [3.63, 3.8) is 0 Å². The summed E-state index contributed by atoms with van der Waals surface area (Å²) in [6.07, 6.45) is 1.28. The van der Waals surface area contributed by atoms with Gasteiger partial charge in [-0.15, -0.1) is 0 Å². The fraction of sp³-hybridized carbons (Fsp3) is 0.346. The van der Waals surface area contributed by atoms with Crippen molar-refractivity contribution in [2.24, 2.45) is 0 Å². The summed E-state index contributed by atoms with van der Waals surface area (Å²) in [6, 6.07) is 16.9. The molecule has 2 N–H and O–H groups in total. The first-order chi connectivity index (χ1) is 16.2. The number of ether oxygens (including phenoxy) is 2. The molecule has 1 atom stereocenters. The molecule has 0 unspecified atom stereocenters. The van der Waals surface area contributed by atoms with Crippen LogP contribution in [-0.4, -0.2) is 39.5 Å². The number of rotatable bonds is 4. The molecule has 1 aromatic heterocycles. The van der Waals surface area contributed by atoms with Crippen molar-refractivity contribution in [2.75, 3.05) is 18.8 Å². The predicted molar refractivity (Wildman–Crippen MR) is 131 cm³/mol. The molecule has 1 aliphatic rings. The molecule has 3 aromatic rings. The zero-order chi connectivity index (χ0) is 24.3. The number of carbonyl (C=O) groups is 1. The SMILES string of the molecule is [C-]#[N+]c1c(N)nn([C@@H]2CCCN(C(=O)OC(C)(C)C)C2)c1-c1ccc(Oc2ccccc2)cc1. The minimum atomic E-state index is -0.563. The molecule has 1 amide bonds. The van der Waals surface area contributed by atoms with Gasteiger partial charge < -0.3 is 20.1 Å². The van der Waals surface area contributed by atoms with E-state index < -0.39 is 5.60 Å². The van der Waals surface area contributed by atoms with Gasteiger partial charge in [-0.25, -0.2) is 9.64 Å². The summed E-state index contributed by atoms with van der Waals surface area (Å²) >= 11 is 0. The summed E-state index contributed by atoms with van der Waals surface area (Å²) in [4.78, 5) is 18.0. The van der Waals surface area contributed by atoms with E-state index in [2.05, 4.69) is 9.94 Å². The number of hydrogen-bond acceptors (Lipinski definition) is 5. The maximum Gasteiger partial charge on any atom is 0.410 e. The van der Waals surface area contributed by atoms with E-state index >= 15 is 0 Å². The minimum Gasteiger partial charge on any atom is -0.457 e. The molecular formula is C26H29N5O3. The Labute approximate surface area is 199 Å². The second-order valence-corrected chi connectivity index (χ2v) is 9.30. The summed E-state index contributed by atoms with van der Waals surface area (Å²) in [7, 11) is 0. The Kier molecular flexibility index (Phi) is 6.46. The van der Waals surface area contributed by atoms with Crippen LogP contribution in [0.15, 0.2) is 54.6 Å². The van der Waals surface area contributed by atoms with Gasteiger partial charge in [0.15, 0.2) is 5.82 Å². The second kappa shape index (κ2) is 9.48. The number of amides is 1. The normalized spacial score (nSPS) is 16.1. The number of nitrogen functional groups attached to an aromatic ring is 1. The second-order valence-electron chi connectivity index (χ2n) is 9.30. The van der Waals surface area contributed by atoms with Gasteiger partial charge >= 0.3 is 6.09 Å². The number of hydrogen-bond donors (Lipinski definition) is 1. The van der Waals surface area contributed by atoms with Crippen LogP contribution in [-0.2, 0) is 4.74 Å². The molecular weight excluding hydrogens is 430 g/mol. The molecule has 1 saturated heterocycles. The van der Waals surface area contributed by atoms with Crippen molar-refractivity contribution in [3.05, 3.63) is 66.0 Å². The third-order valence-electron chi connectivity index (χ3n) is 5.52. The molecule has 0 bridgehead atoms. The Morgan fingerprint density at radius 2 is 1.79 bits per heavy atom. The molecule has 8 nitrogen and oxygen atoms in total. The van der Waals surface area contributed by atoms with E-state index in [1.165, 1.54) is 0 Å². The zero-order valence-electron chi connectivity index (χ0n) is 19.7. The van der Waals surface area contributed by atoms with Crippen molar-refractivity contribution < 1.29 is 14.3 Å². The zero-order valence-corrected chi connectivity index (χ0v) is 19.7. The summed E-state index contributed by atoms with van der Waals surface area (Å²) in [5.41, 5.74) is 7.34. The topological polar surface area (TPSA) is 87.0 Å². The molecule has 0 spiro atoms. The van der Waals surface area contributed by atoms with Gasteiger partial charge in [0.2, 0.25) is 0 Å². The highest BCUT2D eigenvalue weighted by Crippen LogP contribution is 2.39. The molecule has 176 valence electrons. The van der Waals surface area contributed by atoms with E-state index in [-0.39, 0.29) is 18.0 Å². The average molecular weight is 460 g/mol. The molecule has 1 aliphatic heterocycles. The lowest BCUT2D eigenvalue weighted by Gasteiger charge is -2.34. The van der Waals surface area contributed by atoms with Crippen LogP contribution in [0.2, 0.25) is 0 Å². The van der Waals surface area contributed by atoms with Gasteiger partial charge in [-0.2, -0.15) is 5.10 Å². The maximum absolute atomic E-state index is 12.6. The largest absolute Gasteiger partial charge is 0.457 e. The van der Waals surface area contributed by atoms with Crippen LogP contribution in [0.25, 0.3) is 16.1 Å². The molecule has 1 fully saturated rings. The van der Waals surface area contributed by atoms with Gasteiger partial charge in [0.1, 0.15) is 17.1 Å². The van der Waals surface area contributed by atoms with E-state index in [9.17, 15) is 4.79 Å². The van der Waals surface area contributed by atoms with Crippen LogP contribution >= 0.6 is 0 Å². The first-order valence-corrected chi connectivity index (χ1v) is 11.3. The van der Waals surface area contributed by atoms with Crippen LogP contribution in [0.1, 0.15) is 39.7 Å². The van der Waals surface area contributed by atoms with Crippen molar-refractivity contribution in [1.29, 1.82) is 0 Å². The summed E-state index contributed by atoms with van der Waals surface area (Å²) < 4.78 is 13.2. The van der Waals surface area contributed by atoms with Crippen molar-refractivity contribution >= 4 is 17.6 Å². The number of para-hydroxylation sites is 1. The molecule has 4 rings (SSSR count). The number of aromatic nitrogens is 2. The van der Waals surface area contributed by atoms with Gasteiger partial charge in [0, 0.05) is 13.1 Å². The lowest BCUT2D eigenvalue weighted by atomic mass is 10.0. The molecule has 0 saturated carbocycles. The van der Waals surface area contributed by atoms with Gasteiger partial charge in [0.25, 0.3) is 5.69 Å². The standard InChI is InChI=1S/C26H29N5O3/c1-26(2,3)34-25(32)30-16-8-9-19(17-30)31-23(22(28-4)24(27)29-31)18-12-14-21(15-13-18)33-20-10-6-5-7-11-20/h5-7,10-15,19H,8-9,16-17H2,1-3H3,(H2,27,29)/t19-/m1/s1. The van der Waals surface area contributed by atoms with Crippen LogP contribution in [0, 0.1) is 6.57 Å². The Morgan fingerprint density at radius 1 is 1.12 bits per heavy atom. The molecule has 2 aromatic carbocycles. The highest BCUT2D eigenvalue weighted by molar-refractivity contribution is 5.83. The Morgan fingerprint density at radius 3 is 2.44 bits per heavy atom. The lowest BCUT2D eigenvalue weighted by molar-refractivity contribution is 0.0168. The molecule has 8 heteroatoms. The number of carbonyl (C=O) groups excluding carboxylic acids is 1. The number of nitrogens with zero attached hydrogens (tertiary/aromatic N) is 4. The van der Waals surface area contributed by atoms with E-state index in [0.29, 0.717) is 30.2 Å². The average Bonchev–Trinajstić information content (AvgIpc) is 3.15. The van der Waals surface area contributed by atoms with E-state index in [1.54, 1.807) is 9.58 Å². The maximum atomic E-state index is 12.6. The van der Waals surface area contributed by atoms with E-state index in [0.717, 1.165) is 24.2 Å². The number of nitrogens with two attached hydrogens (primary N) is 1. The van der Waals surface area contributed by atoms with Crippen molar-refractivity contribution in [1.82, 2.24) is 14.7 Å². The Hall–Kier alpha value is -3.99. The highest BCUT2D eigenvalue weighted by atomic mass is 16.6. The van der Waals surface area contributed by atoms with Crippen LogP contribution in [0.3, 0.4) is 0 Å². The lowest BCUT2D eigenvalue weighted by Crippen LogP contribution is -2.43. The van der Waals surface area contributed by atoms with E-state index in [1.807, 2.05) is 75.4 Å². The Bertz CT molecular complexity index is 1190. The summed E-state index contributed by atoms with van der Waals surface area (Å²) in [6.45, 7) is 14.3. The van der Waals surface area contributed by atoms with Crippen LogP contribution in [0.4, 0.5) is 16.3 Å². The number of piperidine rings is 1. The van der Waals surface area contributed by atoms with Crippen molar-refractivity contribution in [2.45, 2.75) is 45.3 Å².